The van der Waals surface area contributed by atoms with E-state index in [-0.39, 0.29) is 0 Å². The largest absolute Gasteiger partial charge is 0.416 e. The first-order chi connectivity index (χ1) is 14.1. The van der Waals surface area contributed by atoms with Gasteiger partial charge in [-0.25, -0.2) is 0 Å². The lowest BCUT2D eigenvalue weighted by Crippen LogP contribution is -2.06. The molecule has 30 heavy (non-hydrogen) atoms. The summed E-state index contributed by atoms with van der Waals surface area (Å²) in [6.07, 6.45) is -7.10. The van der Waals surface area contributed by atoms with Crippen LogP contribution in [-0.2, 0) is 12.4 Å². The molecule has 0 N–H and O–H groups in total. The van der Waals surface area contributed by atoms with Gasteiger partial charge < -0.3 is 0 Å². The molecule has 3 aromatic carbocycles. The third kappa shape index (κ3) is 2.78. The molecule has 0 fully saturated rings. The normalized spacial score (nSPS) is 15.1. The lowest BCUT2D eigenvalue weighted by molar-refractivity contribution is -0.138. The van der Waals surface area contributed by atoms with Gasteiger partial charge in [0.05, 0.1) is 11.1 Å². The van der Waals surface area contributed by atoms with E-state index in [1.54, 1.807) is 0 Å². The number of alkyl halides is 6. The zero-order chi connectivity index (χ0) is 21.3. The molecule has 6 heteroatoms. The third-order valence-corrected chi connectivity index (χ3v) is 5.46. The Morgan fingerprint density at radius 1 is 0.533 bits per heavy atom. The van der Waals surface area contributed by atoms with Crippen LogP contribution < -0.4 is 0 Å². The smallest absolute Gasteiger partial charge is 0.166 e. The molecule has 0 spiro atoms. The molecule has 150 valence electrons. The van der Waals surface area contributed by atoms with Crippen LogP contribution in [0.4, 0.5) is 26.3 Å². The average Bonchev–Trinajstić information content (AvgIpc) is 3.21. The van der Waals surface area contributed by atoms with E-state index in [4.69, 9.17) is 0 Å². The molecular formula is C24H12F6. The number of hydrogen-bond acceptors (Lipinski definition) is 0. The Labute approximate surface area is 167 Å². The highest BCUT2D eigenvalue weighted by molar-refractivity contribution is 6.31. The molecule has 0 heterocycles. The molecule has 0 saturated carbocycles. The summed E-state index contributed by atoms with van der Waals surface area (Å²) in [6, 6.07) is 15.6. The van der Waals surface area contributed by atoms with Gasteiger partial charge in [-0.3, -0.25) is 0 Å². The van der Waals surface area contributed by atoms with Gasteiger partial charge in [0.15, 0.2) is 0 Å². The highest BCUT2D eigenvalue weighted by atomic mass is 19.4. The fraction of sp³-hybridized carbons (Fsp3) is 0.0833. The van der Waals surface area contributed by atoms with Crippen molar-refractivity contribution in [3.63, 3.8) is 0 Å². The van der Waals surface area contributed by atoms with Crippen LogP contribution in [0, 0.1) is 0 Å². The molecule has 0 amide bonds. The second kappa shape index (κ2) is 6.11. The minimum absolute atomic E-state index is 0.375. The molecule has 5 rings (SSSR count). The van der Waals surface area contributed by atoms with E-state index < -0.39 is 23.5 Å². The van der Waals surface area contributed by atoms with Crippen LogP contribution >= 0.6 is 0 Å². The van der Waals surface area contributed by atoms with Crippen molar-refractivity contribution in [2.45, 2.75) is 12.4 Å². The predicted molar refractivity (Wildman–Crippen MR) is 103 cm³/mol. The summed E-state index contributed by atoms with van der Waals surface area (Å²) in [7, 11) is 0. The van der Waals surface area contributed by atoms with Crippen molar-refractivity contribution >= 4 is 22.8 Å². The second-order valence-electron chi connectivity index (χ2n) is 7.23. The molecule has 0 radical (unpaired) electrons. The van der Waals surface area contributed by atoms with Crippen molar-refractivity contribution < 1.29 is 26.3 Å². The van der Waals surface area contributed by atoms with Gasteiger partial charge in [-0.2, -0.15) is 26.3 Å². The Hall–Kier alpha value is -3.28. The number of benzene rings is 3. The Bertz CT molecular complexity index is 1240. The standard InChI is InChI=1S/C24H12F6/c25-23(26,27)15-7-5-13(6-8-15)21-20-12-16(24(28,29)30)9-10-18(20)19-11-14-3-1-2-4-17(14)22(19)21/h1-12H. The number of allylic oxidation sites excluding steroid dienone is 2. The summed E-state index contributed by atoms with van der Waals surface area (Å²) < 4.78 is 79.0. The van der Waals surface area contributed by atoms with Gasteiger partial charge in [0.25, 0.3) is 0 Å². The van der Waals surface area contributed by atoms with Gasteiger partial charge in [0, 0.05) is 0 Å². The molecule has 3 aromatic rings. The SMILES string of the molecule is FC(F)(F)c1ccc(C2=C3C(=Cc4ccccc43)c3ccc(C(F)(F)F)cc32)cc1. The molecule has 0 aromatic heterocycles. The third-order valence-electron chi connectivity index (χ3n) is 5.46. The Morgan fingerprint density at radius 2 is 1.17 bits per heavy atom. The maximum absolute atomic E-state index is 13.3. The molecular weight excluding hydrogens is 402 g/mol. The van der Waals surface area contributed by atoms with Crippen molar-refractivity contribution in [2.24, 2.45) is 0 Å². The van der Waals surface area contributed by atoms with Crippen molar-refractivity contribution in [2.75, 3.05) is 0 Å². The van der Waals surface area contributed by atoms with Gasteiger partial charge in [0.1, 0.15) is 0 Å². The summed E-state index contributed by atoms with van der Waals surface area (Å²) in [6.45, 7) is 0. The lowest BCUT2D eigenvalue weighted by Gasteiger charge is -2.13. The van der Waals surface area contributed by atoms with Gasteiger partial charge in [-0.05, 0) is 74.9 Å². The van der Waals surface area contributed by atoms with Crippen LogP contribution in [0.2, 0.25) is 0 Å². The second-order valence-corrected chi connectivity index (χ2v) is 7.23. The molecule has 2 aliphatic rings. The lowest BCUT2D eigenvalue weighted by atomic mass is 9.92. The Balaban J connectivity index is 1.77. The van der Waals surface area contributed by atoms with Crippen molar-refractivity contribution in [1.29, 1.82) is 0 Å². The number of rotatable bonds is 1. The van der Waals surface area contributed by atoms with Gasteiger partial charge in [-0.1, -0.05) is 42.5 Å². The first kappa shape index (κ1) is 18.7. The van der Waals surface area contributed by atoms with Crippen molar-refractivity contribution in [3.8, 4) is 0 Å². The number of hydrogen-bond donors (Lipinski definition) is 0. The van der Waals surface area contributed by atoms with Crippen LogP contribution in [0.15, 0.2) is 66.7 Å². The molecule has 0 atom stereocenters. The summed E-state index contributed by atoms with van der Waals surface area (Å²) in [4.78, 5) is 0. The van der Waals surface area contributed by atoms with E-state index in [0.29, 0.717) is 22.3 Å². The number of fused-ring (bicyclic) bond motifs is 5. The quantitative estimate of drug-likeness (QED) is 0.361. The molecule has 0 aliphatic heterocycles. The average molecular weight is 414 g/mol. The zero-order valence-electron chi connectivity index (χ0n) is 15.2. The fourth-order valence-corrected chi connectivity index (χ4v) is 4.13. The highest BCUT2D eigenvalue weighted by Gasteiger charge is 2.37. The van der Waals surface area contributed by atoms with Gasteiger partial charge in [0.2, 0.25) is 0 Å². The van der Waals surface area contributed by atoms with E-state index in [9.17, 15) is 26.3 Å². The van der Waals surface area contributed by atoms with E-state index in [2.05, 4.69) is 0 Å². The van der Waals surface area contributed by atoms with Gasteiger partial charge in [-0.15, -0.1) is 0 Å². The van der Waals surface area contributed by atoms with E-state index in [1.807, 2.05) is 30.3 Å². The maximum atomic E-state index is 13.3. The fourth-order valence-electron chi connectivity index (χ4n) is 4.13. The number of halogens is 6. The van der Waals surface area contributed by atoms with Crippen LogP contribution in [0.1, 0.15) is 38.9 Å². The summed E-state index contributed by atoms with van der Waals surface area (Å²) in [5, 5.41) is 0. The van der Waals surface area contributed by atoms with E-state index >= 15 is 0 Å². The highest BCUT2D eigenvalue weighted by Crippen LogP contribution is 2.54. The first-order valence-corrected chi connectivity index (χ1v) is 9.10. The topological polar surface area (TPSA) is 0 Å². The van der Waals surface area contributed by atoms with Crippen LogP contribution in [0.5, 0.6) is 0 Å². The molecule has 0 saturated heterocycles. The van der Waals surface area contributed by atoms with Crippen molar-refractivity contribution in [1.82, 2.24) is 0 Å². The summed E-state index contributed by atoms with van der Waals surface area (Å²) >= 11 is 0. The molecule has 0 nitrogen and oxygen atoms in total. The minimum Gasteiger partial charge on any atom is -0.166 e. The molecule has 0 bridgehead atoms. The van der Waals surface area contributed by atoms with Gasteiger partial charge >= 0.3 is 12.4 Å². The van der Waals surface area contributed by atoms with Crippen LogP contribution in [-0.4, -0.2) is 0 Å². The molecule has 2 aliphatic carbocycles. The summed E-state index contributed by atoms with van der Waals surface area (Å²) in [5.74, 6) is 0. The predicted octanol–water partition coefficient (Wildman–Crippen LogP) is 7.55. The monoisotopic (exact) mass is 414 g/mol. The van der Waals surface area contributed by atoms with Crippen molar-refractivity contribution in [3.05, 3.63) is 106 Å². The van der Waals surface area contributed by atoms with E-state index in [0.717, 1.165) is 46.5 Å². The zero-order valence-corrected chi connectivity index (χ0v) is 15.2. The maximum Gasteiger partial charge on any atom is 0.416 e. The first-order valence-electron chi connectivity index (χ1n) is 9.10. The molecule has 0 unspecified atom stereocenters. The summed E-state index contributed by atoms with van der Waals surface area (Å²) in [5.41, 5.74) is 3.70. The van der Waals surface area contributed by atoms with Crippen LogP contribution in [0.25, 0.3) is 22.8 Å². The Kier molecular flexibility index (Phi) is 3.81. The Morgan fingerprint density at radius 3 is 1.83 bits per heavy atom. The van der Waals surface area contributed by atoms with E-state index in [1.165, 1.54) is 18.2 Å². The minimum atomic E-state index is -4.52. The van der Waals surface area contributed by atoms with Crippen LogP contribution in [0.3, 0.4) is 0 Å².